The van der Waals surface area contributed by atoms with Gasteiger partial charge in [-0.2, -0.15) is 0 Å². The maximum Gasteiger partial charge on any atom is 0.159 e. The van der Waals surface area contributed by atoms with Gasteiger partial charge < -0.3 is 18.6 Å². The van der Waals surface area contributed by atoms with E-state index >= 15 is 0 Å². The van der Waals surface area contributed by atoms with Crippen molar-refractivity contribution in [2.45, 2.75) is 53.4 Å². The summed E-state index contributed by atoms with van der Waals surface area (Å²) >= 11 is 0. The molecule has 0 unspecified atom stereocenters. The molecular formula is C72H56N2O2. The molecule has 14 aromatic rings. The van der Waals surface area contributed by atoms with Gasteiger partial charge in [0.05, 0.1) is 22.7 Å². The molecule has 4 heteroatoms. The van der Waals surface area contributed by atoms with E-state index in [4.69, 9.17) is 8.83 Å². The summed E-state index contributed by atoms with van der Waals surface area (Å²) in [5.41, 5.74) is 19.6. The summed E-state index contributed by atoms with van der Waals surface area (Å²) in [6, 6.07) is 79.7. The fraction of sp³-hybridized carbons (Fsp3) is 0.111. The number of benzene rings is 12. The lowest BCUT2D eigenvalue weighted by Crippen LogP contribution is -2.15. The minimum absolute atomic E-state index is 0.207. The largest absolute Gasteiger partial charge is 0.454 e. The molecule has 0 spiro atoms. The lowest BCUT2D eigenvalue weighted by atomic mass is 9.83. The van der Waals surface area contributed by atoms with Gasteiger partial charge in [-0.25, -0.2) is 0 Å². The summed E-state index contributed by atoms with van der Waals surface area (Å²) in [4.78, 5) is 5.00. The monoisotopic (exact) mass is 980 g/mol. The summed E-state index contributed by atoms with van der Waals surface area (Å²) < 4.78 is 13.9. The predicted molar refractivity (Wildman–Crippen MR) is 323 cm³/mol. The van der Waals surface area contributed by atoms with Crippen LogP contribution in [0.15, 0.2) is 227 Å². The van der Waals surface area contributed by atoms with E-state index in [-0.39, 0.29) is 11.8 Å². The minimum atomic E-state index is 0.207. The number of hydrogen-bond donors (Lipinski definition) is 0. The number of nitrogens with zero attached hydrogens (tertiary/aromatic N) is 2. The first-order valence-corrected chi connectivity index (χ1v) is 26.7. The van der Waals surface area contributed by atoms with Crippen LogP contribution in [0.4, 0.5) is 34.1 Å². The maximum atomic E-state index is 6.97. The molecular weight excluding hydrogens is 925 g/mol. The van der Waals surface area contributed by atoms with Gasteiger partial charge in [-0.05, 0) is 140 Å². The lowest BCUT2D eigenvalue weighted by Gasteiger charge is -2.33. The Balaban J connectivity index is 1.11. The molecule has 14 rings (SSSR count). The number of rotatable bonds is 10. The van der Waals surface area contributed by atoms with Gasteiger partial charge in [0.1, 0.15) is 11.2 Å². The normalized spacial score (nSPS) is 12.1. The Morgan fingerprint density at radius 3 is 1.08 bits per heavy atom. The molecule has 0 atom stereocenters. The Morgan fingerprint density at radius 1 is 0.303 bits per heavy atom. The predicted octanol–water partition coefficient (Wildman–Crippen LogP) is 21.5. The van der Waals surface area contributed by atoms with E-state index in [0.717, 1.165) is 78.0 Å². The van der Waals surface area contributed by atoms with Crippen LogP contribution in [0, 0.1) is 13.8 Å². The van der Waals surface area contributed by atoms with Crippen LogP contribution in [0.2, 0.25) is 0 Å². The maximum absolute atomic E-state index is 6.97. The highest BCUT2D eigenvalue weighted by Crippen LogP contribution is 2.54. The molecule has 0 saturated heterocycles. The third-order valence-electron chi connectivity index (χ3n) is 16.2. The number of para-hydroxylation sites is 4. The molecule has 0 bridgehead atoms. The second kappa shape index (κ2) is 17.8. The zero-order valence-electron chi connectivity index (χ0n) is 43.7. The summed E-state index contributed by atoms with van der Waals surface area (Å²) in [7, 11) is 0. The quantitative estimate of drug-likeness (QED) is 0.128. The summed E-state index contributed by atoms with van der Waals surface area (Å²) in [5.74, 6) is 0.414. The molecule has 0 aliphatic heterocycles. The molecule has 0 N–H and O–H groups in total. The molecule has 0 fully saturated rings. The fourth-order valence-electron chi connectivity index (χ4n) is 12.5. The van der Waals surface area contributed by atoms with Crippen molar-refractivity contribution in [2.75, 3.05) is 9.80 Å². The topological polar surface area (TPSA) is 32.8 Å². The molecule has 4 nitrogen and oxygen atoms in total. The first kappa shape index (κ1) is 45.5. The van der Waals surface area contributed by atoms with Crippen LogP contribution in [0.5, 0.6) is 0 Å². The van der Waals surface area contributed by atoms with Gasteiger partial charge in [0, 0.05) is 43.7 Å². The Labute approximate surface area is 443 Å². The molecule has 76 heavy (non-hydrogen) atoms. The number of hydrogen-bond acceptors (Lipinski definition) is 4. The van der Waals surface area contributed by atoms with E-state index in [2.05, 4.69) is 270 Å². The van der Waals surface area contributed by atoms with Gasteiger partial charge in [0.2, 0.25) is 0 Å². The van der Waals surface area contributed by atoms with Crippen molar-refractivity contribution in [3.05, 3.63) is 241 Å². The van der Waals surface area contributed by atoms with Crippen LogP contribution in [-0.4, -0.2) is 0 Å². The average molecular weight is 981 g/mol. The van der Waals surface area contributed by atoms with Gasteiger partial charge >= 0.3 is 0 Å². The van der Waals surface area contributed by atoms with E-state index < -0.39 is 0 Å². The van der Waals surface area contributed by atoms with Gasteiger partial charge in [-0.3, -0.25) is 0 Å². The third kappa shape index (κ3) is 6.97. The molecule has 0 aliphatic carbocycles. The number of fused-ring (bicyclic) bond motifs is 6. The van der Waals surface area contributed by atoms with Gasteiger partial charge in [-0.1, -0.05) is 198 Å². The molecule has 0 radical (unpaired) electrons. The van der Waals surface area contributed by atoms with Crippen molar-refractivity contribution >= 4 is 110 Å². The summed E-state index contributed by atoms with van der Waals surface area (Å²) in [6.07, 6.45) is 0. The lowest BCUT2D eigenvalue weighted by molar-refractivity contribution is 0.668. The SMILES string of the molecule is Cc1c(-c2ccccc2)cccc1N(c1cc(C(C)C)c2ccc3c(N(c4cccc(-c5ccccc5)c4C)c4cccc5c4oc4ccccc45)cc(C(C)C)c4ccc1c2c43)c1cccc2c1oc1ccccc12. The zero-order valence-corrected chi connectivity index (χ0v) is 43.7. The van der Waals surface area contributed by atoms with Crippen LogP contribution < -0.4 is 9.80 Å². The molecule has 12 aromatic carbocycles. The van der Waals surface area contributed by atoms with Gasteiger partial charge in [0.15, 0.2) is 11.2 Å². The molecule has 2 heterocycles. The Hall–Kier alpha value is -9.12. The highest BCUT2D eigenvalue weighted by Gasteiger charge is 2.30. The van der Waals surface area contributed by atoms with Crippen molar-refractivity contribution in [1.82, 2.24) is 0 Å². The number of furan rings is 2. The van der Waals surface area contributed by atoms with Crippen molar-refractivity contribution in [3.8, 4) is 22.3 Å². The molecule has 366 valence electrons. The third-order valence-corrected chi connectivity index (χ3v) is 16.2. The van der Waals surface area contributed by atoms with E-state index in [1.165, 1.54) is 76.8 Å². The zero-order chi connectivity index (χ0) is 51.3. The average Bonchev–Trinajstić information content (AvgIpc) is 4.10. The Bertz CT molecular complexity index is 4270. The van der Waals surface area contributed by atoms with Crippen molar-refractivity contribution in [2.24, 2.45) is 0 Å². The highest BCUT2D eigenvalue weighted by molar-refractivity contribution is 6.30. The van der Waals surface area contributed by atoms with Crippen molar-refractivity contribution < 1.29 is 8.83 Å². The van der Waals surface area contributed by atoms with Crippen LogP contribution in [0.3, 0.4) is 0 Å². The van der Waals surface area contributed by atoms with E-state index in [9.17, 15) is 0 Å². The second-order valence-electron chi connectivity index (χ2n) is 21.2. The van der Waals surface area contributed by atoms with Gasteiger partial charge in [-0.15, -0.1) is 0 Å². The molecule has 0 amide bonds. The van der Waals surface area contributed by atoms with Gasteiger partial charge in [0.25, 0.3) is 0 Å². The first-order chi connectivity index (χ1) is 37.2. The van der Waals surface area contributed by atoms with Crippen LogP contribution >= 0.6 is 0 Å². The summed E-state index contributed by atoms with van der Waals surface area (Å²) in [6.45, 7) is 13.9. The van der Waals surface area contributed by atoms with E-state index in [1.54, 1.807) is 0 Å². The molecule has 0 saturated carbocycles. The van der Waals surface area contributed by atoms with Crippen molar-refractivity contribution in [1.29, 1.82) is 0 Å². The second-order valence-corrected chi connectivity index (χ2v) is 21.2. The number of anilines is 6. The Morgan fingerprint density at radius 2 is 0.658 bits per heavy atom. The van der Waals surface area contributed by atoms with E-state index in [0.29, 0.717) is 0 Å². The molecule has 0 aliphatic rings. The minimum Gasteiger partial charge on any atom is -0.454 e. The first-order valence-electron chi connectivity index (χ1n) is 26.7. The van der Waals surface area contributed by atoms with Crippen molar-refractivity contribution in [3.63, 3.8) is 0 Å². The molecule has 2 aromatic heterocycles. The van der Waals surface area contributed by atoms with Crippen LogP contribution in [0.1, 0.15) is 61.8 Å². The van der Waals surface area contributed by atoms with Crippen LogP contribution in [-0.2, 0) is 0 Å². The Kier molecular flexibility index (Phi) is 10.6. The smallest absolute Gasteiger partial charge is 0.159 e. The fourth-order valence-corrected chi connectivity index (χ4v) is 12.5. The van der Waals surface area contributed by atoms with E-state index in [1.807, 2.05) is 0 Å². The highest BCUT2D eigenvalue weighted by atomic mass is 16.3. The summed E-state index contributed by atoms with van der Waals surface area (Å²) in [5, 5.41) is 11.8. The standard InChI is InChI=1S/C72H56N2O2/c1-43(2)59-41-65(73(61-31-17-27-49(45(61)5)47-21-9-7-10-22-47)63-33-19-29-55-51-25-13-15-35-67(51)75-71(55)63)57-40-38-54-60(44(3)4)42-66(58-39-37-53(59)69(57)70(54)58)74(62-32-18-28-50(46(62)6)48-23-11-8-12-24-48)64-34-20-30-56-52-26-14-16-36-68(52)76-72(56)64/h7-44H,1-6H3. The van der Waals surface area contributed by atoms with Crippen LogP contribution in [0.25, 0.3) is 98.4 Å².